The van der Waals surface area contributed by atoms with Crippen LogP contribution in [-0.2, 0) is 20.1 Å². The Hall–Kier alpha value is -3.08. The number of aromatic hydroxyl groups is 1. The Balaban J connectivity index is 0.000000234. The third-order valence-electron chi connectivity index (χ3n) is 3.99. The maximum atomic E-state index is 9.15. The number of para-hydroxylation sites is 2. The van der Waals surface area contributed by atoms with Crippen LogP contribution in [-0.4, -0.2) is 33.1 Å². The van der Waals surface area contributed by atoms with Crippen LogP contribution >= 0.6 is 0 Å². The van der Waals surface area contributed by atoms with E-state index in [0.29, 0.717) is 0 Å². The van der Waals surface area contributed by atoms with Crippen molar-refractivity contribution in [3.05, 3.63) is 96.3 Å². The number of hydrogen-bond acceptors (Lipinski definition) is 4. The topological polar surface area (TPSA) is 63.3 Å². The molecular formula is C23H21IrN4O-. The summed E-state index contributed by atoms with van der Waals surface area (Å²) < 4.78 is 2.03. The van der Waals surface area contributed by atoms with Crippen molar-refractivity contribution in [3.8, 4) is 22.8 Å². The first-order chi connectivity index (χ1) is 13.7. The minimum atomic E-state index is 0. The Morgan fingerprint density at radius 1 is 0.931 bits per heavy atom. The molecule has 0 aliphatic heterocycles. The Morgan fingerprint density at radius 3 is 2.28 bits per heavy atom. The fourth-order valence-electron chi connectivity index (χ4n) is 2.69. The molecule has 4 rings (SSSR count). The van der Waals surface area contributed by atoms with Crippen molar-refractivity contribution in [2.45, 2.75) is 6.92 Å². The van der Waals surface area contributed by atoms with E-state index in [1.54, 1.807) is 25.4 Å². The number of aryl methyl sites for hydroxylation is 1. The second-order valence-electron chi connectivity index (χ2n) is 5.96. The number of rotatable bonds is 3. The van der Waals surface area contributed by atoms with Crippen molar-refractivity contribution in [2.24, 2.45) is 4.99 Å². The predicted molar refractivity (Wildman–Crippen MR) is 112 cm³/mol. The van der Waals surface area contributed by atoms with Gasteiger partial charge in [-0.05, 0) is 31.2 Å². The van der Waals surface area contributed by atoms with Crippen LogP contribution < -0.4 is 0 Å². The molecule has 1 heterocycles. The maximum Gasteiger partial charge on any atom is 0.125 e. The van der Waals surface area contributed by atoms with E-state index in [9.17, 15) is 0 Å². The number of aromatic nitrogens is 3. The zero-order valence-corrected chi connectivity index (χ0v) is 18.5. The summed E-state index contributed by atoms with van der Waals surface area (Å²) in [5.41, 5.74) is 2.76. The molecule has 0 unspecified atom stereocenters. The van der Waals surface area contributed by atoms with E-state index in [1.165, 1.54) is 0 Å². The molecule has 0 aliphatic rings. The molecule has 4 aromatic rings. The predicted octanol–water partition coefficient (Wildman–Crippen LogP) is 4.48. The van der Waals surface area contributed by atoms with Gasteiger partial charge < -0.3 is 9.67 Å². The fraction of sp³-hybridized carbons (Fsp3) is 0.0870. The van der Waals surface area contributed by atoms with Gasteiger partial charge in [0.1, 0.15) is 11.6 Å². The number of phenols is 1. The molecule has 149 valence electrons. The molecule has 0 bridgehead atoms. The Kier molecular flexibility index (Phi) is 8.46. The molecule has 1 radical (unpaired) electrons. The fourth-order valence-corrected chi connectivity index (χ4v) is 2.69. The van der Waals surface area contributed by atoms with Gasteiger partial charge in [0.25, 0.3) is 0 Å². The molecule has 3 aromatic carbocycles. The van der Waals surface area contributed by atoms with Crippen LogP contribution in [0.15, 0.2) is 83.9 Å². The van der Waals surface area contributed by atoms with Crippen LogP contribution in [0.3, 0.4) is 0 Å². The first-order valence-electron chi connectivity index (χ1n) is 8.85. The van der Waals surface area contributed by atoms with Crippen LogP contribution in [0, 0.1) is 13.0 Å². The Bertz CT molecular complexity index is 1050. The molecule has 0 saturated carbocycles. The zero-order chi connectivity index (χ0) is 19.8. The molecule has 0 fully saturated rings. The minimum absolute atomic E-state index is 0. The van der Waals surface area contributed by atoms with Gasteiger partial charge in [-0.25, -0.2) is 0 Å². The summed E-state index contributed by atoms with van der Waals surface area (Å²) >= 11 is 0. The first-order valence-corrected chi connectivity index (χ1v) is 8.85. The van der Waals surface area contributed by atoms with Crippen molar-refractivity contribution >= 4 is 6.21 Å². The smallest absolute Gasteiger partial charge is 0.125 e. The van der Waals surface area contributed by atoms with Gasteiger partial charge >= 0.3 is 0 Å². The van der Waals surface area contributed by atoms with Gasteiger partial charge in [0.15, 0.2) is 0 Å². The van der Waals surface area contributed by atoms with E-state index < -0.39 is 0 Å². The second-order valence-corrected chi connectivity index (χ2v) is 5.96. The molecule has 1 N–H and O–H groups in total. The van der Waals surface area contributed by atoms with Crippen molar-refractivity contribution in [1.82, 2.24) is 14.8 Å². The SMILES string of the molecule is CN=Cc1ccccc1O.Cc1nnc(-c2[c-]cccc2)n1-c1ccccc1.[Ir]. The van der Waals surface area contributed by atoms with Gasteiger partial charge in [-0.15, -0.1) is 41.0 Å². The third-order valence-corrected chi connectivity index (χ3v) is 3.99. The van der Waals surface area contributed by atoms with Crippen LogP contribution in [0.25, 0.3) is 17.1 Å². The van der Waals surface area contributed by atoms with Crippen molar-refractivity contribution in [1.29, 1.82) is 0 Å². The Morgan fingerprint density at radius 2 is 1.62 bits per heavy atom. The summed E-state index contributed by atoms with van der Waals surface area (Å²) in [7, 11) is 1.67. The second kappa shape index (κ2) is 11.1. The maximum absolute atomic E-state index is 9.15. The molecule has 6 heteroatoms. The van der Waals surface area contributed by atoms with E-state index in [1.807, 2.05) is 78.2 Å². The quantitative estimate of drug-likeness (QED) is 0.296. The molecular weight excluding hydrogens is 540 g/mol. The minimum Gasteiger partial charge on any atom is -0.507 e. The molecule has 0 atom stereocenters. The molecule has 5 nitrogen and oxygen atoms in total. The molecule has 0 saturated heterocycles. The molecule has 1 aromatic heterocycles. The average molecular weight is 562 g/mol. The third kappa shape index (κ3) is 5.70. The van der Waals surface area contributed by atoms with Crippen LogP contribution in [0.1, 0.15) is 11.4 Å². The number of hydrogen-bond donors (Lipinski definition) is 1. The van der Waals surface area contributed by atoms with Crippen LogP contribution in [0.4, 0.5) is 0 Å². The van der Waals surface area contributed by atoms with Crippen molar-refractivity contribution in [3.63, 3.8) is 0 Å². The van der Waals surface area contributed by atoms with Gasteiger partial charge in [0.2, 0.25) is 0 Å². The normalized spacial score (nSPS) is 10.1. The number of nitrogens with zero attached hydrogens (tertiary/aromatic N) is 4. The summed E-state index contributed by atoms with van der Waals surface area (Å²) in [5.74, 6) is 1.96. The largest absolute Gasteiger partial charge is 0.507 e. The van der Waals surface area contributed by atoms with Gasteiger partial charge in [0.05, 0.1) is 5.82 Å². The van der Waals surface area contributed by atoms with Crippen molar-refractivity contribution < 1.29 is 25.2 Å². The molecule has 0 spiro atoms. The van der Waals surface area contributed by atoms with E-state index in [0.717, 1.165) is 28.5 Å². The Labute approximate surface area is 184 Å². The first kappa shape index (κ1) is 22.2. The van der Waals surface area contributed by atoms with Gasteiger partial charge in [0, 0.05) is 44.6 Å². The summed E-state index contributed by atoms with van der Waals surface area (Å²) in [6.07, 6.45) is 1.62. The zero-order valence-electron chi connectivity index (χ0n) is 16.2. The summed E-state index contributed by atoms with van der Waals surface area (Å²) in [6.45, 7) is 1.95. The van der Waals surface area contributed by atoms with Gasteiger partial charge in [-0.1, -0.05) is 30.3 Å². The number of aliphatic imine (C=N–C) groups is 1. The van der Waals surface area contributed by atoms with E-state index in [4.69, 9.17) is 5.11 Å². The van der Waals surface area contributed by atoms with E-state index in [2.05, 4.69) is 21.3 Å². The molecule has 0 amide bonds. The number of phenolic OH excluding ortho intramolecular Hbond substituents is 1. The molecule has 29 heavy (non-hydrogen) atoms. The van der Waals surface area contributed by atoms with E-state index >= 15 is 0 Å². The van der Waals surface area contributed by atoms with Crippen LogP contribution in [0.2, 0.25) is 0 Å². The number of benzene rings is 3. The van der Waals surface area contributed by atoms with Gasteiger partial charge in [-0.3, -0.25) is 4.99 Å². The monoisotopic (exact) mass is 562 g/mol. The van der Waals surface area contributed by atoms with Crippen molar-refractivity contribution in [2.75, 3.05) is 7.05 Å². The average Bonchev–Trinajstić information content (AvgIpc) is 3.13. The van der Waals surface area contributed by atoms with E-state index in [-0.39, 0.29) is 25.9 Å². The van der Waals surface area contributed by atoms with Crippen LogP contribution in [0.5, 0.6) is 5.75 Å². The molecule has 0 aliphatic carbocycles. The summed E-state index contributed by atoms with van der Waals surface area (Å²) in [5, 5.41) is 17.6. The standard InChI is InChI=1S/C15H12N3.C8H9NO.Ir/c1-12-16-17-15(13-8-4-2-5-9-13)18(12)14-10-6-3-7-11-14;1-9-6-7-4-2-3-5-8(7)10;/h2-8,10-11H,1H3;2-6,10H,1H3;/q-1;;. The van der Waals surface area contributed by atoms with Gasteiger partial charge in [-0.2, -0.15) is 5.10 Å². The summed E-state index contributed by atoms with van der Waals surface area (Å²) in [6, 6.07) is 28.2. The summed E-state index contributed by atoms with van der Waals surface area (Å²) in [4.78, 5) is 3.78.